The number of piperazine rings is 1. The SMILES string of the molecule is O=C(c1ccc(-c2cccc(OS(=O)(=O)C3CC3)n2)cc1)N1CCN(C(=O)C2CCO2)CC1. The maximum Gasteiger partial charge on any atom is 0.313 e. The molecule has 2 aromatic rings. The highest BCUT2D eigenvalue weighted by molar-refractivity contribution is 7.88. The Labute approximate surface area is 192 Å². The molecule has 33 heavy (non-hydrogen) atoms. The van der Waals surface area contributed by atoms with Gasteiger partial charge in [-0.15, -0.1) is 0 Å². The van der Waals surface area contributed by atoms with Crippen molar-refractivity contribution in [1.29, 1.82) is 0 Å². The highest BCUT2D eigenvalue weighted by atomic mass is 32.2. The van der Waals surface area contributed by atoms with E-state index in [0.717, 1.165) is 12.0 Å². The Kier molecular flexibility index (Phi) is 5.79. The van der Waals surface area contributed by atoms with Crippen LogP contribution in [-0.2, 0) is 19.6 Å². The van der Waals surface area contributed by atoms with Crippen molar-refractivity contribution in [2.45, 2.75) is 30.6 Å². The minimum absolute atomic E-state index is 0.0151. The van der Waals surface area contributed by atoms with Crippen LogP contribution in [-0.4, -0.2) is 79.2 Å². The second kappa shape index (κ2) is 8.75. The molecule has 2 aliphatic heterocycles. The lowest BCUT2D eigenvalue weighted by molar-refractivity contribution is -0.157. The predicted molar refractivity (Wildman–Crippen MR) is 119 cm³/mol. The van der Waals surface area contributed by atoms with Crippen molar-refractivity contribution in [1.82, 2.24) is 14.8 Å². The van der Waals surface area contributed by atoms with Gasteiger partial charge < -0.3 is 18.7 Å². The number of nitrogens with zero attached hydrogens (tertiary/aromatic N) is 3. The summed E-state index contributed by atoms with van der Waals surface area (Å²) in [6, 6.07) is 12.0. The summed E-state index contributed by atoms with van der Waals surface area (Å²) in [7, 11) is -3.63. The van der Waals surface area contributed by atoms with Crippen LogP contribution in [0.15, 0.2) is 42.5 Å². The molecule has 0 radical (unpaired) electrons. The summed E-state index contributed by atoms with van der Waals surface area (Å²) in [6.45, 7) is 2.61. The van der Waals surface area contributed by atoms with Crippen LogP contribution in [0.3, 0.4) is 0 Å². The van der Waals surface area contributed by atoms with Crippen LogP contribution in [0, 0.1) is 0 Å². The quantitative estimate of drug-likeness (QED) is 0.590. The average molecular weight is 472 g/mol. The number of aromatic nitrogens is 1. The minimum atomic E-state index is -3.63. The summed E-state index contributed by atoms with van der Waals surface area (Å²) in [5.74, 6) is -0.0327. The monoisotopic (exact) mass is 471 g/mol. The number of rotatable bonds is 6. The molecule has 9 nitrogen and oxygen atoms in total. The van der Waals surface area contributed by atoms with Crippen molar-refractivity contribution < 1.29 is 26.9 Å². The van der Waals surface area contributed by atoms with Crippen LogP contribution in [0.25, 0.3) is 11.3 Å². The summed E-state index contributed by atoms with van der Waals surface area (Å²) < 4.78 is 34.5. The molecule has 3 fully saturated rings. The largest absolute Gasteiger partial charge is 0.368 e. The molecule has 10 heteroatoms. The van der Waals surface area contributed by atoms with Gasteiger partial charge in [0.25, 0.3) is 11.8 Å². The summed E-state index contributed by atoms with van der Waals surface area (Å²) in [5, 5.41) is -0.431. The smallest absolute Gasteiger partial charge is 0.313 e. The van der Waals surface area contributed by atoms with Crippen LogP contribution in [0.4, 0.5) is 0 Å². The Morgan fingerprint density at radius 3 is 2.21 bits per heavy atom. The van der Waals surface area contributed by atoms with E-state index in [1.807, 2.05) is 0 Å². The lowest BCUT2D eigenvalue weighted by Crippen LogP contribution is -2.54. The molecule has 3 aliphatic rings. The molecule has 3 heterocycles. The third-order valence-electron chi connectivity index (χ3n) is 6.14. The second-order valence-electron chi connectivity index (χ2n) is 8.48. The van der Waals surface area contributed by atoms with E-state index >= 15 is 0 Å². The molecule has 1 saturated carbocycles. The van der Waals surface area contributed by atoms with Crippen LogP contribution >= 0.6 is 0 Å². The van der Waals surface area contributed by atoms with Crippen molar-refractivity contribution in [3.05, 3.63) is 48.0 Å². The van der Waals surface area contributed by atoms with E-state index in [-0.39, 0.29) is 23.8 Å². The number of ether oxygens (including phenoxy) is 1. The Bertz CT molecular complexity index is 1150. The minimum Gasteiger partial charge on any atom is -0.368 e. The molecule has 0 spiro atoms. The van der Waals surface area contributed by atoms with Crippen molar-refractivity contribution in [2.75, 3.05) is 32.8 Å². The summed E-state index contributed by atoms with van der Waals surface area (Å²) >= 11 is 0. The van der Waals surface area contributed by atoms with E-state index < -0.39 is 15.4 Å². The number of carbonyl (C=O) groups excluding carboxylic acids is 2. The van der Waals surface area contributed by atoms with E-state index in [2.05, 4.69) is 4.98 Å². The zero-order valence-corrected chi connectivity index (χ0v) is 18.9. The maximum atomic E-state index is 12.9. The third kappa shape index (κ3) is 4.72. The average Bonchev–Trinajstić information content (AvgIpc) is 3.64. The van der Waals surface area contributed by atoms with Gasteiger partial charge in [-0.2, -0.15) is 8.42 Å². The molecule has 1 aromatic heterocycles. The van der Waals surface area contributed by atoms with E-state index in [0.29, 0.717) is 56.9 Å². The molecule has 2 amide bonds. The van der Waals surface area contributed by atoms with Crippen LogP contribution in [0.2, 0.25) is 0 Å². The zero-order valence-electron chi connectivity index (χ0n) is 18.1. The molecule has 1 unspecified atom stereocenters. The van der Waals surface area contributed by atoms with Gasteiger partial charge in [0.15, 0.2) is 0 Å². The van der Waals surface area contributed by atoms with Gasteiger partial charge in [0.1, 0.15) is 6.10 Å². The first kappa shape index (κ1) is 21.8. The normalized spacial score (nSPS) is 20.8. The summed E-state index contributed by atoms with van der Waals surface area (Å²) in [6.07, 6.45) is 1.70. The fraction of sp³-hybridized carbons (Fsp3) is 0.435. The topological polar surface area (TPSA) is 106 Å². The van der Waals surface area contributed by atoms with Gasteiger partial charge in [0.2, 0.25) is 5.88 Å². The summed E-state index contributed by atoms with van der Waals surface area (Å²) in [5.41, 5.74) is 1.85. The van der Waals surface area contributed by atoms with Crippen LogP contribution in [0.1, 0.15) is 29.6 Å². The number of hydrogen-bond donors (Lipinski definition) is 0. The molecule has 5 rings (SSSR count). The van der Waals surface area contributed by atoms with E-state index in [1.54, 1.807) is 46.2 Å². The van der Waals surface area contributed by atoms with Gasteiger partial charge in [0, 0.05) is 49.8 Å². The second-order valence-corrected chi connectivity index (χ2v) is 10.3. The van der Waals surface area contributed by atoms with Gasteiger partial charge >= 0.3 is 10.1 Å². The van der Waals surface area contributed by atoms with Crippen molar-refractivity contribution in [3.63, 3.8) is 0 Å². The Morgan fingerprint density at radius 2 is 1.61 bits per heavy atom. The Balaban J connectivity index is 1.21. The highest BCUT2D eigenvalue weighted by Crippen LogP contribution is 2.31. The molecule has 1 aromatic carbocycles. The number of carbonyl (C=O) groups is 2. The van der Waals surface area contributed by atoms with Gasteiger partial charge in [-0.25, -0.2) is 4.98 Å². The Morgan fingerprint density at radius 1 is 0.939 bits per heavy atom. The molecule has 0 N–H and O–H groups in total. The van der Waals surface area contributed by atoms with Crippen LogP contribution < -0.4 is 4.18 Å². The molecular formula is C23H25N3O6S. The van der Waals surface area contributed by atoms with Crippen LogP contribution in [0.5, 0.6) is 5.88 Å². The van der Waals surface area contributed by atoms with E-state index in [1.165, 1.54) is 6.07 Å². The first-order chi connectivity index (χ1) is 15.9. The molecule has 2 saturated heterocycles. The molecule has 0 bridgehead atoms. The number of amides is 2. The van der Waals surface area contributed by atoms with Crippen molar-refractivity contribution in [3.8, 4) is 17.1 Å². The molecular weight excluding hydrogens is 446 g/mol. The van der Waals surface area contributed by atoms with Crippen molar-refractivity contribution in [2.24, 2.45) is 0 Å². The van der Waals surface area contributed by atoms with Crippen molar-refractivity contribution >= 4 is 21.9 Å². The molecule has 1 aliphatic carbocycles. The first-order valence-electron chi connectivity index (χ1n) is 11.1. The molecule has 1 atom stereocenters. The molecule has 174 valence electrons. The van der Waals surface area contributed by atoms with Gasteiger partial charge in [-0.05, 0) is 31.0 Å². The lowest BCUT2D eigenvalue weighted by atomic mass is 10.1. The number of benzene rings is 1. The third-order valence-corrected chi connectivity index (χ3v) is 7.83. The van der Waals surface area contributed by atoms with E-state index in [9.17, 15) is 18.0 Å². The highest BCUT2D eigenvalue weighted by Gasteiger charge is 2.38. The fourth-order valence-corrected chi connectivity index (χ4v) is 5.08. The fourth-order valence-electron chi connectivity index (χ4n) is 3.90. The van der Waals surface area contributed by atoms with Gasteiger partial charge in [0.05, 0.1) is 17.6 Å². The lowest BCUT2D eigenvalue weighted by Gasteiger charge is -2.38. The van der Waals surface area contributed by atoms with E-state index in [4.69, 9.17) is 8.92 Å². The Hall–Kier alpha value is -2.98. The summed E-state index contributed by atoms with van der Waals surface area (Å²) in [4.78, 5) is 33.0. The van der Waals surface area contributed by atoms with Gasteiger partial charge in [-0.3, -0.25) is 9.59 Å². The predicted octanol–water partition coefficient (Wildman–Crippen LogP) is 1.69. The van der Waals surface area contributed by atoms with Gasteiger partial charge in [-0.1, -0.05) is 18.2 Å². The standard InChI is InChI=1S/C23H25N3O6S/c27-22(25-11-13-26(14-12-25)23(28)20-10-15-31-20)17-6-4-16(5-7-17)19-2-1-3-21(24-19)32-33(29,30)18-8-9-18/h1-7,18,20H,8-15H2. The maximum absolute atomic E-state index is 12.9. The first-order valence-corrected chi connectivity index (χ1v) is 12.6. The zero-order chi connectivity index (χ0) is 23.0. The number of pyridine rings is 1. The number of hydrogen-bond acceptors (Lipinski definition) is 7.